The normalized spacial score (nSPS) is 13.8. The molecule has 30 heavy (non-hydrogen) atoms. The number of aliphatic imine (C=N–C) groups is 1. The molecule has 1 aliphatic heterocycles. The molecule has 2 aromatic carbocycles. The van der Waals surface area contributed by atoms with Crippen LogP contribution in [0.3, 0.4) is 0 Å². The van der Waals surface area contributed by atoms with Crippen LogP contribution in [0, 0.1) is 5.41 Å². The number of hydrogen-bond donors (Lipinski definition) is 3. The number of para-hydroxylation sites is 1. The van der Waals surface area contributed by atoms with Gasteiger partial charge in [-0.25, -0.2) is 15.0 Å². The number of nitrogens with one attached hydrogen (secondary N) is 1. The van der Waals surface area contributed by atoms with E-state index in [1.807, 2.05) is 12.4 Å². The summed E-state index contributed by atoms with van der Waals surface area (Å²) in [6.07, 6.45) is 5.14. The Hall–Kier alpha value is -3.78. The minimum atomic E-state index is 0.0203. The Kier molecular flexibility index (Phi) is 5.40. The predicted octanol–water partition coefficient (Wildman–Crippen LogP) is 2.43. The van der Waals surface area contributed by atoms with Gasteiger partial charge in [-0.2, -0.15) is 0 Å². The van der Waals surface area contributed by atoms with Crippen LogP contribution in [0.5, 0.6) is 5.75 Å². The second kappa shape index (κ2) is 8.30. The first-order valence-electron chi connectivity index (χ1n) is 9.49. The maximum absolute atomic E-state index is 8.27. The van der Waals surface area contributed by atoms with E-state index in [9.17, 15) is 0 Å². The number of nitrogens with two attached hydrogens (primary N) is 2. The van der Waals surface area contributed by atoms with Crippen LogP contribution in [0.2, 0.25) is 0 Å². The third kappa shape index (κ3) is 3.99. The van der Waals surface area contributed by atoms with Crippen molar-refractivity contribution in [2.45, 2.75) is 13.1 Å². The Morgan fingerprint density at radius 2 is 1.90 bits per heavy atom. The Bertz CT molecular complexity index is 1110. The van der Waals surface area contributed by atoms with Crippen molar-refractivity contribution in [1.29, 1.82) is 5.41 Å². The molecular formula is C22H23N7O. The molecular weight excluding hydrogens is 378 g/mol. The molecule has 0 bridgehead atoms. The van der Waals surface area contributed by atoms with Crippen molar-refractivity contribution in [3.63, 3.8) is 0 Å². The number of nitrogens with zero attached hydrogens (tertiary/aromatic N) is 4. The standard InChI is InChI=1S/C22H23N7O/c1-30-19-4-2-3-18(21(19)24)22(25)28-20(23)12-29-10-15-6-5-14(7-16(15)11-29)17-8-26-13-27-9-17/h2-9,13H,10-12,24H2,1H3,(H3,23,25,28). The molecule has 0 spiro atoms. The van der Waals surface area contributed by atoms with Crippen LogP contribution in [-0.4, -0.2) is 40.2 Å². The number of methoxy groups -OCH3 is 1. The lowest BCUT2D eigenvalue weighted by molar-refractivity contribution is 0.326. The molecule has 2 heterocycles. The van der Waals surface area contributed by atoms with Crippen LogP contribution in [-0.2, 0) is 13.1 Å². The number of nitrogen functional groups attached to an aromatic ring is 1. The topological polar surface area (TPSA) is 126 Å². The molecule has 0 saturated heterocycles. The lowest BCUT2D eigenvalue weighted by Gasteiger charge is -2.14. The minimum absolute atomic E-state index is 0.0203. The smallest absolute Gasteiger partial charge is 0.156 e. The van der Waals surface area contributed by atoms with Crippen molar-refractivity contribution in [2.75, 3.05) is 19.4 Å². The molecule has 4 rings (SSSR count). The first-order valence-corrected chi connectivity index (χ1v) is 9.49. The van der Waals surface area contributed by atoms with E-state index in [1.165, 1.54) is 24.6 Å². The van der Waals surface area contributed by atoms with Crippen molar-refractivity contribution in [3.05, 3.63) is 71.8 Å². The van der Waals surface area contributed by atoms with Crippen LogP contribution in [0.4, 0.5) is 5.69 Å². The fourth-order valence-corrected chi connectivity index (χ4v) is 3.60. The van der Waals surface area contributed by atoms with E-state index in [2.05, 4.69) is 38.1 Å². The van der Waals surface area contributed by atoms with Crippen molar-refractivity contribution in [3.8, 4) is 16.9 Å². The van der Waals surface area contributed by atoms with Crippen LogP contribution in [0.1, 0.15) is 16.7 Å². The van der Waals surface area contributed by atoms with E-state index < -0.39 is 0 Å². The van der Waals surface area contributed by atoms with Gasteiger partial charge in [0.2, 0.25) is 0 Å². The molecule has 152 valence electrons. The molecule has 0 atom stereocenters. The van der Waals surface area contributed by atoms with Gasteiger partial charge >= 0.3 is 0 Å². The summed E-state index contributed by atoms with van der Waals surface area (Å²) in [6.45, 7) is 2.01. The molecule has 0 amide bonds. The van der Waals surface area contributed by atoms with Gasteiger partial charge in [0.25, 0.3) is 0 Å². The highest BCUT2D eigenvalue weighted by atomic mass is 16.5. The van der Waals surface area contributed by atoms with Crippen LogP contribution >= 0.6 is 0 Å². The minimum Gasteiger partial charge on any atom is -0.495 e. The number of fused-ring (bicyclic) bond motifs is 1. The Morgan fingerprint density at radius 3 is 2.67 bits per heavy atom. The monoisotopic (exact) mass is 401 g/mol. The van der Waals surface area contributed by atoms with Gasteiger partial charge < -0.3 is 16.2 Å². The molecule has 0 radical (unpaired) electrons. The highest BCUT2D eigenvalue weighted by Crippen LogP contribution is 2.28. The molecule has 0 aliphatic carbocycles. The molecule has 3 aromatic rings. The Balaban J connectivity index is 1.45. The summed E-state index contributed by atoms with van der Waals surface area (Å²) in [5.74, 6) is 0.902. The SMILES string of the molecule is COc1cccc(C(=N)N=C(N)CN2Cc3ccc(-c4cncnc4)cc3C2)c1N. The van der Waals surface area contributed by atoms with Crippen molar-refractivity contribution < 1.29 is 4.74 Å². The zero-order valence-corrected chi connectivity index (χ0v) is 16.7. The summed E-state index contributed by atoms with van der Waals surface area (Å²) in [6, 6.07) is 11.6. The maximum Gasteiger partial charge on any atom is 0.156 e. The van der Waals surface area contributed by atoms with Crippen LogP contribution in [0.25, 0.3) is 11.1 Å². The molecule has 1 aromatic heterocycles. The second-order valence-electron chi connectivity index (χ2n) is 7.13. The molecule has 8 heteroatoms. The first kappa shape index (κ1) is 19.5. The summed E-state index contributed by atoms with van der Waals surface area (Å²) in [7, 11) is 1.54. The van der Waals surface area contributed by atoms with E-state index in [0.717, 1.165) is 24.2 Å². The zero-order chi connectivity index (χ0) is 21.1. The third-order valence-electron chi connectivity index (χ3n) is 5.07. The highest BCUT2D eigenvalue weighted by molar-refractivity contribution is 6.08. The van der Waals surface area contributed by atoms with Crippen LogP contribution in [0.15, 0.2) is 60.1 Å². The number of aromatic nitrogens is 2. The molecule has 5 N–H and O–H groups in total. The van der Waals surface area contributed by atoms with Gasteiger partial charge in [-0.3, -0.25) is 10.3 Å². The second-order valence-corrected chi connectivity index (χ2v) is 7.13. The molecule has 0 fully saturated rings. The molecule has 0 saturated carbocycles. The third-order valence-corrected chi connectivity index (χ3v) is 5.07. The maximum atomic E-state index is 8.27. The van der Waals surface area contributed by atoms with E-state index in [0.29, 0.717) is 29.4 Å². The van der Waals surface area contributed by atoms with Gasteiger partial charge in [-0.15, -0.1) is 0 Å². The van der Waals surface area contributed by atoms with Crippen molar-refractivity contribution in [1.82, 2.24) is 14.9 Å². The van der Waals surface area contributed by atoms with E-state index >= 15 is 0 Å². The van der Waals surface area contributed by atoms with Gasteiger partial charge in [-0.05, 0) is 34.9 Å². The van der Waals surface area contributed by atoms with Crippen molar-refractivity contribution >= 4 is 17.4 Å². The Labute approximate surface area is 174 Å². The average molecular weight is 401 g/mol. The van der Waals surface area contributed by atoms with E-state index in [4.69, 9.17) is 21.6 Å². The number of benzene rings is 2. The van der Waals surface area contributed by atoms with Gasteiger partial charge in [0.1, 0.15) is 17.9 Å². The van der Waals surface area contributed by atoms with Gasteiger partial charge in [0.15, 0.2) is 5.84 Å². The summed E-state index contributed by atoms with van der Waals surface area (Å²) < 4.78 is 5.21. The average Bonchev–Trinajstić information content (AvgIpc) is 3.15. The van der Waals surface area contributed by atoms with E-state index in [1.54, 1.807) is 18.2 Å². The summed E-state index contributed by atoms with van der Waals surface area (Å²) in [4.78, 5) is 14.6. The number of anilines is 1. The molecule has 8 nitrogen and oxygen atoms in total. The lowest BCUT2D eigenvalue weighted by atomic mass is 10.0. The number of hydrogen-bond acceptors (Lipinski definition) is 6. The quantitative estimate of drug-likeness (QED) is 0.342. The predicted molar refractivity (Wildman–Crippen MR) is 117 cm³/mol. The first-order chi connectivity index (χ1) is 14.5. The fraction of sp³-hybridized carbons (Fsp3) is 0.182. The number of amidine groups is 2. The number of rotatable bonds is 5. The fourth-order valence-electron chi connectivity index (χ4n) is 3.60. The Morgan fingerprint density at radius 1 is 1.13 bits per heavy atom. The lowest BCUT2D eigenvalue weighted by Crippen LogP contribution is -2.31. The number of ether oxygens (including phenoxy) is 1. The molecule has 0 unspecified atom stereocenters. The van der Waals surface area contributed by atoms with E-state index in [-0.39, 0.29) is 5.84 Å². The zero-order valence-electron chi connectivity index (χ0n) is 16.7. The summed E-state index contributed by atoms with van der Waals surface area (Å²) >= 11 is 0. The summed E-state index contributed by atoms with van der Waals surface area (Å²) in [5, 5.41) is 8.27. The summed E-state index contributed by atoms with van der Waals surface area (Å²) in [5.41, 5.74) is 17.7. The van der Waals surface area contributed by atoms with Crippen LogP contribution < -0.4 is 16.2 Å². The van der Waals surface area contributed by atoms with Gasteiger partial charge in [0.05, 0.1) is 19.3 Å². The van der Waals surface area contributed by atoms with Gasteiger partial charge in [0, 0.05) is 36.6 Å². The van der Waals surface area contributed by atoms with Crippen molar-refractivity contribution in [2.24, 2.45) is 10.7 Å². The van der Waals surface area contributed by atoms with Gasteiger partial charge in [-0.1, -0.05) is 18.2 Å². The largest absolute Gasteiger partial charge is 0.495 e. The molecule has 1 aliphatic rings. The highest BCUT2D eigenvalue weighted by Gasteiger charge is 2.20.